The Bertz CT molecular complexity index is 349. The molecule has 2 bridgehead atoms. The summed E-state index contributed by atoms with van der Waals surface area (Å²) in [5.74, 6) is 1.17. The fraction of sp³-hybridized carbons (Fsp3) is 0.846. The van der Waals surface area contributed by atoms with Crippen molar-refractivity contribution >= 4 is 11.6 Å². The Morgan fingerprint density at radius 2 is 2.06 bits per heavy atom. The SMILES string of the molecule is CC(=O)C1CC2C(=O)CC1C2N1CCOCC1. The highest BCUT2D eigenvalue weighted by atomic mass is 16.5. The topological polar surface area (TPSA) is 46.6 Å². The van der Waals surface area contributed by atoms with Gasteiger partial charge in [0, 0.05) is 37.4 Å². The van der Waals surface area contributed by atoms with Gasteiger partial charge in [-0.25, -0.2) is 0 Å². The number of morpholine rings is 1. The molecule has 0 amide bonds. The maximum Gasteiger partial charge on any atom is 0.137 e. The second-order valence-corrected chi connectivity index (χ2v) is 5.53. The molecule has 0 spiro atoms. The molecule has 1 saturated heterocycles. The largest absolute Gasteiger partial charge is 0.379 e. The predicted molar refractivity (Wildman–Crippen MR) is 61.6 cm³/mol. The Kier molecular flexibility index (Phi) is 2.79. The molecule has 1 aliphatic heterocycles. The van der Waals surface area contributed by atoms with Crippen molar-refractivity contribution in [3.63, 3.8) is 0 Å². The zero-order valence-corrected chi connectivity index (χ0v) is 10.2. The molecule has 0 radical (unpaired) electrons. The lowest BCUT2D eigenvalue weighted by atomic mass is 9.85. The van der Waals surface area contributed by atoms with E-state index in [4.69, 9.17) is 4.74 Å². The molecule has 0 aromatic rings. The van der Waals surface area contributed by atoms with Crippen LogP contribution in [-0.4, -0.2) is 48.8 Å². The molecule has 3 rings (SSSR count). The standard InChI is InChI=1S/C13H19NO3/c1-8(15)9-6-11-12(16)7-10(9)13(11)14-2-4-17-5-3-14/h9-11,13H,2-7H2,1H3. The average molecular weight is 237 g/mol. The van der Waals surface area contributed by atoms with Crippen LogP contribution in [0.15, 0.2) is 0 Å². The van der Waals surface area contributed by atoms with Crippen LogP contribution in [-0.2, 0) is 14.3 Å². The van der Waals surface area contributed by atoms with E-state index in [-0.39, 0.29) is 23.5 Å². The highest BCUT2D eigenvalue weighted by Crippen LogP contribution is 2.49. The van der Waals surface area contributed by atoms with Crippen molar-refractivity contribution in [1.82, 2.24) is 4.90 Å². The summed E-state index contributed by atoms with van der Waals surface area (Å²) in [4.78, 5) is 25.9. The van der Waals surface area contributed by atoms with E-state index >= 15 is 0 Å². The number of rotatable bonds is 2. The molecule has 2 aliphatic carbocycles. The summed E-state index contributed by atoms with van der Waals surface area (Å²) in [5.41, 5.74) is 0. The summed E-state index contributed by atoms with van der Waals surface area (Å²) in [6.07, 6.45) is 1.41. The van der Waals surface area contributed by atoms with E-state index in [1.165, 1.54) is 0 Å². The van der Waals surface area contributed by atoms with Gasteiger partial charge in [0.05, 0.1) is 13.2 Å². The third-order valence-corrected chi connectivity index (χ3v) is 4.72. The lowest BCUT2D eigenvalue weighted by Crippen LogP contribution is -2.46. The molecule has 0 aromatic heterocycles. The van der Waals surface area contributed by atoms with Gasteiger partial charge in [-0.05, 0) is 19.3 Å². The minimum absolute atomic E-state index is 0.118. The molecule has 2 saturated carbocycles. The number of nitrogens with zero attached hydrogens (tertiary/aromatic N) is 1. The van der Waals surface area contributed by atoms with Gasteiger partial charge >= 0.3 is 0 Å². The minimum atomic E-state index is 0.118. The number of hydrogen-bond acceptors (Lipinski definition) is 4. The van der Waals surface area contributed by atoms with Crippen LogP contribution in [0.5, 0.6) is 0 Å². The van der Waals surface area contributed by atoms with E-state index in [0.717, 1.165) is 32.7 Å². The van der Waals surface area contributed by atoms with Gasteiger partial charge in [-0.2, -0.15) is 0 Å². The Morgan fingerprint density at radius 3 is 2.71 bits per heavy atom. The van der Waals surface area contributed by atoms with Gasteiger partial charge in [-0.3, -0.25) is 14.5 Å². The fourth-order valence-corrected chi connectivity index (χ4v) is 3.96. The van der Waals surface area contributed by atoms with Crippen LogP contribution in [0.4, 0.5) is 0 Å². The van der Waals surface area contributed by atoms with E-state index in [0.29, 0.717) is 18.2 Å². The zero-order chi connectivity index (χ0) is 12.0. The molecule has 3 fully saturated rings. The number of carbonyl (C=O) groups excluding carboxylic acids is 2. The quantitative estimate of drug-likeness (QED) is 0.701. The van der Waals surface area contributed by atoms with Crippen molar-refractivity contribution in [2.24, 2.45) is 17.8 Å². The smallest absolute Gasteiger partial charge is 0.137 e. The first-order valence-electron chi connectivity index (χ1n) is 6.53. The van der Waals surface area contributed by atoms with E-state index < -0.39 is 0 Å². The highest BCUT2D eigenvalue weighted by Gasteiger charge is 2.56. The van der Waals surface area contributed by atoms with Crippen molar-refractivity contribution in [2.75, 3.05) is 26.3 Å². The second-order valence-electron chi connectivity index (χ2n) is 5.53. The summed E-state index contributed by atoms with van der Waals surface area (Å²) in [6.45, 7) is 5.01. The second kappa shape index (κ2) is 4.18. The molecule has 94 valence electrons. The van der Waals surface area contributed by atoms with Gasteiger partial charge in [0.2, 0.25) is 0 Å². The number of Topliss-reactive ketones (excluding diaryl/α,β-unsaturated/α-hetero) is 2. The van der Waals surface area contributed by atoms with E-state index in [2.05, 4.69) is 4.90 Å². The van der Waals surface area contributed by atoms with Crippen LogP contribution in [0, 0.1) is 17.8 Å². The predicted octanol–water partition coefficient (Wildman–Crippen LogP) is 0.501. The fourth-order valence-electron chi connectivity index (χ4n) is 3.96. The molecule has 0 aromatic carbocycles. The van der Waals surface area contributed by atoms with Crippen molar-refractivity contribution in [1.29, 1.82) is 0 Å². The number of fused-ring (bicyclic) bond motifs is 2. The van der Waals surface area contributed by atoms with Gasteiger partial charge in [0.25, 0.3) is 0 Å². The molecular formula is C13H19NO3. The Morgan fingerprint density at radius 1 is 1.35 bits per heavy atom. The van der Waals surface area contributed by atoms with E-state index in [9.17, 15) is 9.59 Å². The van der Waals surface area contributed by atoms with Crippen LogP contribution >= 0.6 is 0 Å². The molecule has 1 heterocycles. The molecule has 4 heteroatoms. The third-order valence-electron chi connectivity index (χ3n) is 4.72. The monoisotopic (exact) mass is 237 g/mol. The Labute approximate surface area is 101 Å². The minimum Gasteiger partial charge on any atom is -0.379 e. The molecule has 4 atom stereocenters. The molecular weight excluding hydrogens is 218 g/mol. The van der Waals surface area contributed by atoms with Crippen LogP contribution in [0.2, 0.25) is 0 Å². The average Bonchev–Trinajstić information content (AvgIpc) is 2.83. The van der Waals surface area contributed by atoms with Gasteiger partial charge in [0.1, 0.15) is 11.6 Å². The summed E-state index contributed by atoms with van der Waals surface area (Å²) in [6, 6.07) is 0.320. The summed E-state index contributed by atoms with van der Waals surface area (Å²) in [5, 5.41) is 0. The first kappa shape index (κ1) is 11.4. The number of ketones is 2. The maximum atomic E-state index is 11.9. The lowest BCUT2D eigenvalue weighted by molar-refractivity contribution is -0.126. The van der Waals surface area contributed by atoms with E-state index in [1.54, 1.807) is 6.92 Å². The Balaban J connectivity index is 1.80. The number of ether oxygens (including phenoxy) is 1. The van der Waals surface area contributed by atoms with Crippen LogP contribution in [0.25, 0.3) is 0 Å². The molecule has 3 aliphatic rings. The maximum absolute atomic E-state index is 11.9. The van der Waals surface area contributed by atoms with Gasteiger partial charge in [0.15, 0.2) is 0 Å². The molecule has 4 nitrogen and oxygen atoms in total. The van der Waals surface area contributed by atoms with Crippen molar-refractivity contribution < 1.29 is 14.3 Å². The Hall–Kier alpha value is -0.740. The van der Waals surface area contributed by atoms with E-state index in [1.807, 2.05) is 0 Å². The lowest BCUT2D eigenvalue weighted by Gasteiger charge is -2.34. The molecule has 0 N–H and O–H groups in total. The van der Waals surface area contributed by atoms with Crippen LogP contribution in [0.1, 0.15) is 19.8 Å². The van der Waals surface area contributed by atoms with Crippen molar-refractivity contribution in [3.05, 3.63) is 0 Å². The number of carbonyl (C=O) groups is 2. The third kappa shape index (κ3) is 1.74. The van der Waals surface area contributed by atoms with Crippen LogP contribution in [0.3, 0.4) is 0 Å². The van der Waals surface area contributed by atoms with Gasteiger partial charge in [-0.1, -0.05) is 0 Å². The molecule has 17 heavy (non-hydrogen) atoms. The summed E-state index contributed by atoms with van der Waals surface area (Å²) in [7, 11) is 0. The zero-order valence-electron chi connectivity index (χ0n) is 10.2. The number of hydrogen-bond donors (Lipinski definition) is 0. The van der Waals surface area contributed by atoms with Crippen molar-refractivity contribution in [3.8, 4) is 0 Å². The van der Waals surface area contributed by atoms with Gasteiger partial charge < -0.3 is 4.74 Å². The van der Waals surface area contributed by atoms with Gasteiger partial charge in [-0.15, -0.1) is 0 Å². The summed E-state index contributed by atoms with van der Waals surface area (Å²) < 4.78 is 5.36. The van der Waals surface area contributed by atoms with Crippen LogP contribution < -0.4 is 0 Å². The first-order chi connectivity index (χ1) is 8.18. The molecule has 4 unspecified atom stereocenters. The first-order valence-corrected chi connectivity index (χ1v) is 6.53. The summed E-state index contributed by atoms with van der Waals surface area (Å²) >= 11 is 0. The normalized spacial score (nSPS) is 42.1. The van der Waals surface area contributed by atoms with Crippen molar-refractivity contribution in [2.45, 2.75) is 25.8 Å². The highest BCUT2D eigenvalue weighted by molar-refractivity contribution is 5.90.